The number of rotatable bonds is 7. The van der Waals surface area contributed by atoms with E-state index in [1.807, 2.05) is 0 Å². The van der Waals surface area contributed by atoms with Crippen LogP contribution >= 0.6 is 11.3 Å². The van der Waals surface area contributed by atoms with E-state index in [0.717, 1.165) is 29.7 Å². The Morgan fingerprint density at radius 2 is 2.29 bits per heavy atom. The molecule has 8 heteroatoms. The number of carbonyl (C=O) groups excluding carboxylic acids is 2. The lowest BCUT2D eigenvalue weighted by atomic mass is 9.89. The Labute approximate surface area is 167 Å². The summed E-state index contributed by atoms with van der Waals surface area (Å²) in [4.78, 5) is 45.6. The van der Waals surface area contributed by atoms with Crippen LogP contribution in [0.4, 0.5) is 0 Å². The van der Waals surface area contributed by atoms with Gasteiger partial charge in [0.1, 0.15) is 10.7 Å². The van der Waals surface area contributed by atoms with Gasteiger partial charge in [-0.2, -0.15) is 0 Å². The van der Waals surface area contributed by atoms with E-state index >= 15 is 0 Å². The zero-order valence-corrected chi connectivity index (χ0v) is 17.0. The van der Waals surface area contributed by atoms with Crippen molar-refractivity contribution in [2.24, 2.45) is 5.92 Å². The number of esters is 1. The summed E-state index contributed by atoms with van der Waals surface area (Å²) in [6, 6.07) is 0. The van der Waals surface area contributed by atoms with E-state index in [2.05, 4.69) is 28.8 Å². The number of nitrogens with one attached hydrogen (secondary N) is 2. The molecule has 150 valence electrons. The summed E-state index contributed by atoms with van der Waals surface area (Å²) in [6.07, 6.45) is 3.95. The highest BCUT2D eigenvalue weighted by molar-refractivity contribution is 7.18. The first-order valence-electron chi connectivity index (χ1n) is 9.50. The molecule has 0 saturated carbocycles. The third-order valence-corrected chi connectivity index (χ3v) is 6.03. The summed E-state index contributed by atoms with van der Waals surface area (Å²) in [5, 5.41) is 3.27. The third-order valence-electron chi connectivity index (χ3n) is 4.88. The molecule has 0 spiro atoms. The molecule has 0 aliphatic heterocycles. The molecule has 28 heavy (non-hydrogen) atoms. The number of hydrogen-bond donors (Lipinski definition) is 2. The minimum absolute atomic E-state index is 0.0373. The van der Waals surface area contributed by atoms with E-state index in [1.54, 1.807) is 17.4 Å². The van der Waals surface area contributed by atoms with Crippen molar-refractivity contribution < 1.29 is 14.3 Å². The van der Waals surface area contributed by atoms with Crippen molar-refractivity contribution >= 4 is 33.4 Å². The summed E-state index contributed by atoms with van der Waals surface area (Å²) >= 11 is 1.58. The number of nitrogens with zero attached hydrogens (tertiary/aromatic N) is 1. The van der Waals surface area contributed by atoms with Gasteiger partial charge in [-0.1, -0.05) is 13.0 Å². The number of carbonyl (C=O) groups is 2. The number of amides is 1. The Morgan fingerprint density at radius 3 is 3.04 bits per heavy atom. The Morgan fingerprint density at radius 1 is 1.50 bits per heavy atom. The molecule has 2 aromatic heterocycles. The molecule has 2 N–H and O–H groups in total. The zero-order chi connectivity index (χ0) is 20.3. The molecule has 0 aromatic carbocycles. The van der Waals surface area contributed by atoms with Gasteiger partial charge in [-0.15, -0.1) is 17.9 Å². The molecule has 0 radical (unpaired) electrons. The van der Waals surface area contributed by atoms with E-state index in [1.165, 1.54) is 11.8 Å². The fourth-order valence-electron chi connectivity index (χ4n) is 3.36. The molecule has 2 atom stereocenters. The van der Waals surface area contributed by atoms with Gasteiger partial charge in [0.25, 0.3) is 11.5 Å². The molecule has 0 fully saturated rings. The zero-order valence-electron chi connectivity index (χ0n) is 16.2. The van der Waals surface area contributed by atoms with E-state index < -0.39 is 12.1 Å². The van der Waals surface area contributed by atoms with Crippen molar-refractivity contribution in [3.8, 4) is 0 Å². The fraction of sp³-hybridized carbons (Fsp3) is 0.500. The van der Waals surface area contributed by atoms with Crippen LogP contribution in [-0.4, -0.2) is 34.5 Å². The molecule has 1 aliphatic rings. The minimum Gasteiger partial charge on any atom is -0.453 e. The van der Waals surface area contributed by atoms with Crippen molar-refractivity contribution in [1.29, 1.82) is 0 Å². The molecular weight excluding hydrogens is 378 g/mol. The summed E-state index contributed by atoms with van der Waals surface area (Å²) in [6.45, 7) is 7.56. The van der Waals surface area contributed by atoms with Crippen molar-refractivity contribution in [2.45, 2.75) is 52.1 Å². The van der Waals surface area contributed by atoms with Crippen LogP contribution in [0.5, 0.6) is 0 Å². The maximum atomic E-state index is 12.6. The molecular formula is C20H25N3O4S. The van der Waals surface area contributed by atoms with Crippen LogP contribution in [0, 0.1) is 5.92 Å². The predicted molar refractivity (Wildman–Crippen MR) is 109 cm³/mol. The van der Waals surface area contributed by atoms with E-state index in [0.29, 0.717) is 23.7 Å². The highest BCUT2D eigenvalue weighted by atomic mass is 32.1. The highest BCUT2D eigenvalue weighted by Crippen LogP contribution is 2.35. The normalized spacial score (nSPS) is 17.0. The van der Waals surface area contributed by atoms with Crippen LogP contribution in [0.3, 0.4) is 0 Å². The summed E-state index contributed by atoms with van der Waals surface area (Å²) in [7, 11) is 0. The van der Waals surface area contributed by atoms with Crippen molar-refractivity contribution in [2.75, 3.05) is 6.54 Å². The molecule has 0 bridgehead atoms. The van der Waals surface area contributed by atoms with Gasteiger partial charge < -0.3 is 15.0 Å². The van der Waals surface area contributed by atoms with Gasteiger partial charge >= 0.3 is 5.97 Å². The van der Waals surface area contributed by atoms with Crippen molar-refractivity contribution in [3.05, 3.63) is 39.3 Å². The van der Waals surface area contributed by atoms with Gasteiger partial charge in [0.05, 0.1) is 11.8 Å². The second-order valence-corrected chi connectivity index (χ2v) is 8.29. The first-order chi connectivity index (χ1) is 13.4. The molecule has 2 aromatic rings. The Balaban J connectivity index is 1.65. The van der Waals surface area contributed by atoms with E-state index in [4.69, 9.17) is 4.74 Å². The van der Waals surface area contributed by atoms with Crippen LogP contribution in [0.15, 0.2) is 17.4 Å². The molecule has 0 unspecified atom stereocenters. The Bertz CT molecular complexity index is 962. The summed E-state index contributed by atoms with van der Waals surface area (Å²) in [5.74, 6) is 0.201. The van der Waals surface area contributed by atoms with Crippen LogP contribution < -0.4 is 10.9 Å². The SMILES string of the molecule is C=CCNC(=O)[C@H](C)OC(=O)CCc1nc2sc3c(c2c(=O)[nH]1)CC[C@@H](C)C3. The number of ether oxygens (including phenoxy) is 1. The smallest absolute Gasteiger partial charge is 0.307 e. The molecule has 0 saturated heterocycles. The summed E-state index contributed by atoms with van der Waals surface area (Å²) < 4.78 is 5.12. The van der Waals surface area contributed by atoms with Gasteiger partial charge in [0.2, 0.25) is 0 Å². The molecule has 2 heterocycles. The molecule has 1 aliphatic carbocycles. The predicted octanol–water partition coefficient (Wildman–Crippen LogP) is 2.28. The van der Waals surface area contributed by atoms with Gasteiger partial charge in [-0.3, -0.25) is 14.4 Å². The number of H-pyrrole nitrogens is 1. The fourth-order valence-corrected chi connectivity index (χ4v) is 4.76. The van der Waals surface area contributed by atoms with Crippen LogP contribution in [0.25, 0.3) is 10.2 Å². The number of aromatic nitrogens is 2. The maximum absolute atomic E-state index is 12.6. The van der Waals surface area contributed by atoms with E-state index in [9.17, 15) is 14.4 Å². The average molecular weight is 404 g/mol. The van der Waals surface area contributed by atoms with E-state index in [-0.39, 0.29) is 24.3 Å². The lowest BCUT2D eigenvalue weighted by Crippen LogP contribution is -2.35. The molecule has 3 rings (SSSR count). The maximum Gasteiger partial charge on any atom is 0.307 e. The number of fused-ring (bicyclic) bond motifs is 3. The minimum atomic E-state index is -0.882. The number of hydrogen-bond acceptors (Lipinski definition) is 6. The van der Waals surface area contributed by atoms with Crippen LogP contribution in [0.2, 0.25) is 0 Å². The van der Waals surface area contributed by atoms with Gasteiger partial charge in [0.15, 0.2) is 6.10 Å². The second-order valence-electron chi connectivity index (χ2n) is 7.21. The average Bonchev–Trinajstić information content (AvgIpc) is 3.01. The largest absolute Gasteiger partial charge is 0.453 e. The summed E-state index contributed by atoms with van der Waals surface area (Å²) in [5.41, 5.74) is 0.995. The third kappa shape index (κ3) is 4.49. The lowest BCUT2D eigenvalue weighted by molar-refractivity contribution is -0.154. The topological polar surface area (TPSA) is 101 Å². The van der Waals surface area contributed by atoms with Crippen LogP contribution in [0.1, 0.15) is 43.0 Å². The van der Waals surface area contributed by atoms with Crippen molar-refractivity contribution in [3.63, 3.8) is 0 Å². The van der Waals surface area contributed by atoms with Gasteiger partial charge in [-0.05, 0) is 37.7 Å². The standard InChI is InChI=1S/C20H25N3O4S/c1-4-9-21-18(25)12(3)27-16(24)8-7-15-22-19(26)17-13-6-5-11(2)10-14(13)28-20(17)23-15/h4,11-12H,1,5-10H2,2-3H3,(H,21,25)(H,22,23,26)/t11-,12+/m1/s1. The van der Waals surface area contributed by atoms with Crippen molar-refractivity contribution in [1.82, 2.24) is 15.3 Å². The molecule has 1 amide bonds. The number of aromatic amines is 1. The van der Waals surface area contributed by atoms with Gasteiger partial charge in [-0.25, -0.2) is 4.98 Å². The number of aryl methyl sites for hydroxylation is 2. The first-order valence-corrected chi connectivity index (χ1v) is 10.3. The molecule has 7 nitrogen and oxygen atoms in total. The highest BCUT2D eigenvalue weighted by Gasteiger charge is 2.23. The lowest BCUT2D eigenvalue weighted by Gasteiger charge is -2.17. The first kappa shape index (κ1) is 20.3. The van der Waals surface area contributed by atoms with Crippen LogP contribution in [-0.2, 0) is 33.6 Å². The Kier molecular flexibility index (Phi) is 6.28. The monoisotopic (exact) mass is 403 g/mol. The number of thiophene rings is 1. The van der Waals surface area contributed by atoms with Gasteiger partial charge in [0, 0.05) is 17.8 Å². The quantitative estimate of drug-likeness (QED) is 0.546. The second kappa shape index (κ2) is 8.68. The Hall–Kier alpha value is -2.48.